The zero-order chi connectivity index (χ0) is 30.2. The maximum Gasteiger partial charge on any atom is 0.421 e. The molecule has 1 aliphatic carbocycles. The number of imide groups is 1. The maximum atomic E-state index is 14.0. The van der Waals surface area contributed by atoms with Crippen molar-refractivity contribution >= 4 is 29.3 Å². The number of methoxy groups -OCH3 is 1. The van der Waals surface area contributed by atoms with Crippen LogP contribution in [0.3, 0.4) is 0 Å². The third-order valence-electron chi connectivity index (χ3n) is 8.20. The monoisotopic (exact) mass is 568 g/mol. The fraction of sp³-hybridized carbons (Fsp3) is 0.394. The van der Waals surface area contributed by atoms with Crippen LogP contribution in [-0.2, 0) is 27.1 Å². The highest BCUT2D eigenvalue weighted by Gasteiger charge is 2.68. The molecular formula is C33H36N4O5. The number of hydrogen-bond acceptors (Lipinski definition) is 8. The van der Waals surface area contributed by atoms with Gasteiger partial charge < -0.3 is 19.9 Å². The first kappa shape index (κ1) is 27.9. The Kier molecular flexibility index (Phi) is 6.24. The molecule has 0 unspecified atom stereocenters. The minimum Gasteiger partial charge on any atom is -0.497 e. The molecule has 1 fully saturated rings. The third kappa shape index (κ3) is 4.52. The van der Waals surface area contributed by atoms with Gasteiger partial charge in [0.25, 0.3) is 0 Å². The number of aliphatic imine (C=N–C) groups is 1. The minimum atomic E-state index is -1.06. The normalized spacial score (nSPS) is 20.8. The first-order chi connectivity index (χ1) is 19.7. The molecule has 2 aliphatic heterocycles. The second kappa shape index (κ2) is 9.39. The van der Waals surface area contributed by atoms with Gasteiger partial charge in [-0.05, 0) is 94.5 Å². The van der Waals surface area contributed by atoms with Gasteiger partial charge in [-0.1, -0.05) is 24.3 Å². The van der Waals surface area contributed by atoms with Crippen molar-refractivity contribution in [3.05, 3.63) is 82.0 Å². The van der Waals surface area contributed by atoms with Crippen LogP contribution in [0.1, 0.15) is 80.5 Å². The molecule has 2 aromatic carbocycles. The van der Waals surface area contributed by atoms with Crippen LogP contribution in [0.2, 0.25) is 0 Å². The number of fused-ring (bicyclic) bond motifs is 3. The second-order valence-electron chi connectivity index (χ2n) is 12.9. The molecule has 2 N–H and O–H groups in total. The van der Waals surface area contributed by atoms with Crippen molar-refractivity contribution in [3.63, 3.8) is 0 Å². The zero-order valence-electron chi connectivity index (χ0n) is 25.0. The number of carbonyl (C=O) groups is 2. The Bertz CT molecular complexity index is 1670. The molecule has 1 aromatic heterocycles. The topological polar surface area (TPSA) is 113 Å². The summed E-state index contributed by atoms with van der Waals surface area (Å²) in [6.45, 7) is 11.2. The summed E-state index contributed by atoms with van der Waals surface area (Å²) >= 11 is 0. The van der Waals surface area contributed by atoms with Crippen LogP contribution in [0, 0.1) is 6.92 Å². The number of amides is 2. The van der Waals surface area contributed by atoms with Crippen molar-refractivity contribution in [1.29, 1.82) is 0 Å². The van der Waals surface area contributed by atoms with Crippen LogP contribution in [0.15, 0.2) is 53.5 Å². The van der Waals surface area contributed by atoms with Gasteiger partial charge in [-0.3, -0.25) is 9.79 Å². The number of nitrogens with one attached hydrogen (secondary N) is 1. The molecule has 1 saturated carbocycles. The van der Waals surface area contributed by atoms with Crippen LogP contribution in [0.4, 0.5) is 16.3 Å². The summed E-state index contributed by atoms with van der Waals surface area (Å²) in [5.41, 5.74) is 3.24. The summed E-state index contributed by atoms with van der Waals surface area (Å²) in [4.78, 5) is 37.8. The fourth-order valence-corrected chi connectivity index (χ4v) is 5.96. The van der Waals surface area contributed by atoms with Gasteiger partial charge in [-0.15, -0.1) is 0 Å². The number of aromatic nitrogens is 1. The standard InChI is InChI=1S/C33H36N4O5/c1-18-8-13-26(32(5,6)40)35-27(18)36-28-22-11-9-19(14-20(22)17-34-28)24-16-33(24)23-15-21(41-7)10-12-25(23)37(29(33)38)30(39)42-31(2,3)4/h8-15,24,40H,16-17H2,1-7H3,(H,34,35,36)/t24-,33-/m0/s1. The molecule has 6 rings (SSSR count). The van der Waals surface area contributed by atoms with E-state index in [0.29, 0.717) is 41.7 Å². The zero-order valence-corrected chi connectivity index (χ0v) is 25.0. The van der Waals surface area contributed by atoms with E-state index in [1.807, 2.05) is 37.3 Å². The van der Waals surface area contributed by atoms with Crippen LogP contribution in [-0.4, -0.2) is 40.6 Å². The van der Waals surface area contributed by atoms with Gasteiger partial charge in [-0.25, -0.2) is 14.7 Å². The first-order valence-corrected chi connectivity index (χ1v) is 14.1. The van der Waals surface area contributed by atoms with Crippen molar-refractivity contribution in [1.82, 2.24) is 4.98 Å². The van der Waals surface area contributed by atoms with Crippen LogP contribution < -0.4 is 15.0 Å². The Morgan fingerprint density at radius 3 is 2.55 bits per heavy atom. The molecule has 3 aliphatic rings. The van der Waals surface area contributed by atoms with Gasteiger partial charge in [0.2, 0.25) is 5.91 Å². The Hall–Kier alpha value is -4.24. The SMILES string of the molecule is COc1ccc2c(c1)[C@]1(C[C@H]1c1ccc3c(c1)CN=C3Nc1nc(C(C)(C)O)ccc1C)C(=O)N2C(=O)OC(C)(C)C. The van der Waals surface area contributed by atoms with Crippen molar-refractivity contribution < 1.29 is 24.2 Å². The molecule has 0 radical (unpaired) electrons. The van der Waals surface area contributed by atoms with E-state index >= 15 is 0 Å². The molecule has 1 spiro atoms. The van der Waals surface area contributed by atoms with Gasteiger partial charge in [0.05, 0.1) is 30.5 Å². The quantitative estimate of drug-likeness (QED) is 0.415. The Morgan fingerprint density at radius 2 is 1.86 bits per heavy atom. The lowest BCUT2D eigenvalue weighted by molar-refractivity contribution is -0.120. The molecule has 0 bridgehead atoms. The molecule has 42 heavy (non-hydrogen) atoms. The number of benzene rings is 2. The average Bonchev–Trinajstić information content (AvgIpc) is 3.47. The number of pyridine rings is 1. The number of amidine groups is 1. The molecule has 9 nitrogen and oxygen atoms in total. The molecular weight excluding hydrogens is 532 g/mol. The summed E-state index contributed by atoms with van der Waals surface area (Å²) in [5, 5.41) is 13.8. The van der Waals surface area contributed by atoms with Crippen LogP contribution in [0.5, 0.6) is 5.75 Å². The first-order valence-electron chi connectivity index (χ1n) is 14.1. The predicted octanol–water partition coefficient (Wildman–Crippen LogP) is 5.71. The molecule has 2 atom stereocenters. The molecule has 2 amide bonds. The Balaban J connectivity index is 1.29. The van der Waals surface area contributed by atoms with Crippen molar-refractivity contribution in [3.8, 4) is 5.75 Å². The number of rotatable bonds is 4. The van der Waals surface area contributed by atoms with Crippen molar-refractivity contribution in [2.24, 2.45) is 4.99 Å². The van der Waals surface area contributed by atoms with E-state index in [0.717, 1.165) is 27.8 Å². The highest BCUT2D eigenvalue weighted by Crippen LogP contribution is 2.67. The minimum absolute atomic E-state index is 0.0991. The average molecular weight is 569 g/mol. The van der Waals surface area contributed by atoms with E-state index in [1.54, 1.807) is 53.9 Å². The van der Waals surface area contributed by atoms with Crippen LogP contribution >= 0.6 is 0 Å². The molecule has 3 heterocycles. The Morgan fingerprint density at radius 1 is 1.10 bits per heavy atom. The molecule has 9 heteroatoms. The summed E-state index contributed by atoms with van der Waals surface area (Å²) < 4.78 is 11.1. The largest absolute Gasteiger partial charge is 0.497 e. The summed E-state index contributed by atoms with van der Waals surface area (Å²) in [7, 11) is 1.59. The van der Waals surface area contributed by atoms with E-state index < -0.39 is 22.7 Å². The van der Waals surface area contributed by atoms with Gasteiger partial charge in [-0.2, -0.15) is 0 Å². The summed E-state index contributed by atoms with van der Waals surface area (Å²) in [6, 6.07) is 15.3. The lowest BCUT2D eigenvalue weighted by atomic mass is 9.91. The molecule has 0 saturated heterocycles. The summed E-state index contributed by atoms with van der Waals surface area (Å²) in [5.74, 6) is 1.63. The number of aliphatic hydroxyl groups is 1. The fourth-order valence-electron chi connectivity index (χ4n) is 5.96. The van der Waals surface area contributed by atoms with E-state index in [1.165, 1.54) is 4.90 Å². The number of hydrogen-bond donors (Lipinski definition) is 2. The predicted molar refractivity (Wildman–Crippen MR) is 160 cm³/mol. The van der Waals surface area contributed by atoms with Crippen LogP contribution in [0.25, 0.3) is 0 Å². The van der Waals surface area contributed by atoms with Gasteiger partial charge >= 0.3 is 6.09 Å². The smallest absolute Gasteiger partial charge is 0.421 e. The number of aryl methyl sites for hydroxylation is 1. The van der Waals surface area contributed by atoms with E-state index in [2.05, 4.69) is 16.4 Å². The highest BCUT2D eigenvalue weighted by atomic mass is 16.6. The van der Waals surface area contributed by atoms with Crippen molar-refractivity contribution in [2.75, 3.05) is 17.3 Å². The van der Waals surface area contributed by atoms with Gasteiger partial charge in [0.15, 0.2) is 0 Å². The third-order valence-corrected chi connectivity index (χ3v) is 8.20. The van der Waals surface area contributed by atoms with Crippen molar-refractivity contribution in [2.45, 2.75) is 77.0 Å². The Labute approximate surface area is 245 Å². The number of nitrogens with zero attached hydrogens (tertiary/aromatic N) is 3. The lowest BCUT2D eigenvalue weighted by Gasteiger charge is -2.24. The van der Waals surface area contributed by atoms with E-state index in [9.17, 15) is 14.7 Å². The lowest BCUT2D eigenvalue weighted by Crippen LogP contribution is -2.41. The molecule has 3 aromatic rings. The van der Waals surface area contributed by atoms with E-state index in [-0.39, 0.29) is 11.8 Å². The summed E-state index contributed by atoms with van der Waals surface area (Å²) in [6.07, 6.45) is -0.0832. The van der Waals surface area contributed by atoms with Gasteiger partial charge in [0.1, 0.15) is 28.6 Å². The highest BCUT2D eigenvalue weighted by molar-refractivity contribution is 6.23. The maximum absolute atomic E-state index is 14.0. The number of carbonyl (C=O) groups excluding carboxylic acids is 2. The number of ether oxygens (including phenoxy) is 2. The number of anilines is 2. The van der Waals surface area contributed by atoms with Gasteiger partial charge in [0, 0.05) is 11.5 Å². The molecule has 218 valence electrons. The van der Waals surface area contributed by atoms with E-state index in [4.69, 9.17) is 14.5 Å². The second-order valence-corrected chi connectivity index (χ2v) is 12.9.